The highest BCUT2D eigenvalue weighted by atomic mass is 19.1. The van der Waals surface area contributed by atoms with E-state index in [0.717, 1.165) is 18.3 Å². The minimum absolute atomic E-state index is 0.000622. The lowest BCUT2D eigenvalue weighted by Gasteiger charge is -2.09. The second kappa shape index (κ2) is 8.91. The maximum absolute atomic E-state index is 13.6. The Morgan fingerprint density at radius 2 is 2.07 bits per heavy atom. The fourth-order valence-corrected chi connectivity index (χ4v) is 2.51. The van der Waals surface area contributed by atoms with Gasteiger partial charge in [-0.25, -0.2) is 8.78 Å². The van der Waals surface area contributed by atoms with E-state index < -0.39 is 16.6 Å². The summed E-state index contributed by atoms with van der Waals surface area (Å²) in [7, 11) is 0. The fourth-order valence-electron chi connectivity index (χ4n) is 2.51. The fraction of sp³-hybridized carbons (Fsp3) is 0.158. The highest BCUT2D eigenvalue weighted by molar-refractivity contribution is 5.94. The van der Waals surface area contributed by atoms with Gasteiger partial charge < -0.3 is 10.1 Å². The second-order valence-corrected chi connectivity index (χ2v) is 6.04. The van der Waals surface area contributed by atoms with Crippen LogP contribution < -0.4 is 10.1 Å². The van der Waals surface area contributed by atoms with Gasteiger partial charge in [0.15, 0.2) is 11.6 Å². The molecule has 2 aromatic carbocycles. The molecule has 0 spiro atoms. The van der Waals surface area contributed by atoms with Crippen LogP contribution in [0.2, 0.25) is 0 Å². The summed E-state index contributed by atoms with van der Waals surface area (Å²) in [5.41, 5.74) is 0.878. The van der Waals surface area contributed by atoms with Gasteiger partial charge >= 0.3 is 5.69 Å². The molecule has 1 heterocycles. The Labute approximate surface area is 163 Å². The number of hydrogen-bond donors (Lipinski definition) is 1. The number of nitro groups is 1. The molecule has 0 fully saturated rings. The quantitative estimate of drug-likeness (QED) is 0.461. The topological polar surface area (TPSA) is 99.3 Å². The molecular formula is C19H16F2N4O4. The molecule has 0 unspecified atom stereocenters. The van der Waals surface area contributed by atoms with E-state index in [1.54, 1.807) is 24.3 Å². The molecule has 150 valence electrons. The Hall–Kier alpha value is -3.82. The summed E-state index contributed by atoms with van der Waals surface area (Å²) in [6, 6.07) is 9.59. The van der Waals surface area contributed by atoms with Gasteiger partial charge in [0.1, 0.15) is 24.8 Å². The van der Waals surface area contributed by atoms with Gasteiger partial charge in [-0.3, -0.25) is 19.6 Å². The third-order valence-corrected chi connectivity index (χ3v) is 3.93. The second-order valence-electron chi connectivity index (χ2n) is 6.04. The van der Waals surface area contributed by atoms with E-state index in [1.807, 2.05) is 0 Å². The summed E-state index contributed by atoms with van der Waals surface area (Å²) in [6.45, 7) is 0.492. The van der Waals surface area contributed by atoms with Crippen LogP contribution in [0.15, 0.2) is 54.9 Å². The van der Waals surface area contributed by atoms with E-state index in [9.17, 15) is 23.7 Å². The van der Waals surface area contributed by atoms with Crippen LogP contribution in [-0.4, -0.2) is 27.2 Å². The van der Waals surface area contributed by atoms with E-state index in [-0.39, 0.29) is 37.0 Å². The molecule has 29 heavy (non-hydrogen) atoms. The van der Waals surface area contributed by atoms with Crippen LogP contribution in [0.25, 0.3) is 0 Å². The molecule has 3 aromatic rings. The predicted molar refractivity (Wildman–Crippen MR) is 98.3 cm³/mol. The molecule has 10 heteroatoms. The van der Waals surface area contributed by atoms with Crippen LogP contribution in [0.3, 0.4) is 0 Å². The summed E-state index contributed by atoms with van der Waals surface area (Å²) in [6.07, 6.45) is 2.41. The van der Waals surface area contributed by atoms with Crippen LogP contribution in [0.5, 0.6) is 5.75 Å². The zero-order chi connectivity index (χ0) is 20.8. The van der Waals surface area contributed by atoms with Gasteiger partial charge in [-0.1, -0.05) is 12.1 Å². The zero-order valence-corrected chi connectivity index (χ0v) is 15.0. The number of rotatable bonds is 8. The van der Waals surface area contributed by atoms with Crippen molar-refractivity contribution in [3.05, 3.63) is 87.7 Å². The summed E-state index contributed by atoms with van der Waals surface area (Å²) in [5, 5.41) is 17.2. The van der Waals surface area contributed by atoms with Gasteiger partial charge in [0.05, 0.1) is 11.5 Å². The van der Waals surface area contributed by atoms with Crippen LogP contribution in [-0.2, 0) is 13.2 Å². The van der Waals surface area contributed by atoms with Crippen molar-refractivity contribution in [3.63, 3.8) is 0 Å². The molecule has 1 N–H and O–H groups in total. The third kappa shape index (κ3) is 5.34. The number of aromatic nitrogens is 2. The van der Waals surface area contributed by atoms with Gasteiger partial charge in [0, 0.05) is 18.2 Å². The molecule has 0 aliphatic heterocycles. The molecular weight excluding hydrogens is 386 g/mol. The van der Waals surface area contributed by atoms with Crippen molar-refractivity contribution >= 4 is 11.6 Å². The van der Waals surface area contributed by atoms with Crippen molar-refractivity contribution in [1.82, 2.24) is 15.1 Å². The van der Waals surface area contributed by atoms with Crippen LogP contribution in [0, 0.1) is 21.7 Å². The summed E-state index contributed by atoms with van der Waals surface area (Å²) < 4.78 is 33.2. The van der Waals surface area contributed by atoms with E-state index in [2.05, 4.69) is 10.4 Å². The Morgan fingerprint density at radius 1 is 1.24 bits per heavy atom. The van der Waals surface area contributed by atoms with Crippen LogP contribution >= 0.6 is 0 Å². The zero-order valence-electron chi connectivity index (χ0n) is 15.0. The van der Waals surface area contributed by atoms with Crippen molar-refractivity contribution in [2.45, 2.75) is 13.2 Å². The van der Waals surface area contributed by atoms with Gasteiger partial charge in [0.2, 0.25) is 0 Å². The summed E-state index contributed by atoms with van der Waals surface area (Å²) in [4.78, 5) is 22.4. The van der Waals surface area contributed by atoms with Gasteiger partial charge in [-0.05, 0) is 29.8 Å². The maximum atomic E-state index is 13.6. The number of halogens is 2. The number of ether oxygens (including phenoxy) is 1. The molecule has 0 radical (unpaired) electrons. The van der Waals surface area contributed by atoms with E-state index >= 15 is 0 Å². The van der Waals surface area contributed by atoms with Crippen molar-refractivity contribution in [2.75, 3.05) is 6.54 Å². The van der Waals surface area contributed by atoms with Gasteiger partial charge in [0.25, 0.3) is 5.91 Å². The lowest BCUT2D eigenvalue weighted by atomic mass is 10.1. The summed E-state index contributed by atoms with van der Waals surface area (Å²) >= 11 is 0. The molecule has 3 rings (SSSR count). The standard InChI is InChI=1S/C19H16F2N4O4/c20-15-4-5-18(17(21)9-15)29-12-13-2-1-3-14(8-13)19(26)22-6-7-24-11-16(10-23-24)25(27)28/h1-5,8-11H,6-7,12H2,(H,22,26). The highest BCUT2D eigenvalue weighted by Gasteiger charge is 2.10. The average molecular weight is 402 g/mol. The molecule has 0 saturated carbocycles. The third-order valence-electron chi connectivity index (χ3n) is 3.93. The Morgan fingerprint density at radius 3 is 2.79 bits per heavy atom. The summed E-state index contributed by atoms with van der Waals surface area (Å²) in [5.74, 6) is -1.94. The largest absolute Gasteiger partial charge is 0.486 e. The van der Waals surface area contributed by atoms with E-state index in [1.165, 1.54) is 16.9 Å². The molecule has 1 amide bonds. The molecule has 0 aliphatic rings. The number of benzene rings is 2. The number of hydrogen-bond acceptors (Lipinski definition) is 5. The van der Waals surface area contributed by atoms with Gasteiger partial charge in [-0.15, -0.1) is 0 Å². The molecule has 0 bridgehead atoms. The van der Waals surface area contributed by atoms with Crippen molar-refractivity contribution < 1.29 is 23.2 Å². The highest BCUT2D eigenvalue weighted by Crippen LogP contribution is 2.19. The van der Waals surface area contributed by atoms with Crippen molar-refractivity contribution in [1.29, 1.82) is 0 Å². The van der Waals surface area contributed by atoms with E-state index in [4.69, 9.17) is 4.74 Å². The SMILES string of the molecule is O=C(NCCn1cc([N+](=O)[O-])cn1)c1cccc(COc2ccc(F)cc2F)c1. The molecule has 0 saturated heterocycles. The predicted octanol–water partition coefficient (Wildman–Crippen LogP) is 3.08. The van der Waals surface area contributed by atoms with Crippen LogP contribution in [0.4, 0.5) is 14.5 Å². The lowest BCUT2D eigenvalue weighted by molar-refractivity contribution is -0.385. The van der Waals surface area contributed by atoms with Crippen LogP contribution in [0.1, 0.15) is 15.9 Å². The number of carbonyl (C=O) groups is 1. The first-order valence-corrected chi connectivity index (χ1v) is 8.54. The van der Waals surface area contributed by atoms with Crippen molar-refractivity contribution in [3.8, 4) is 5.75 Å². The normalized spacial score (nSPS) is 10.6. The number of nitrogens with zero attached hydrogens (tertiary/aromatic N) is 3. The number of nitrogens with one attached hydrogen (secondary N) is 1. The Bertz CT molecular complexity index is 1040. The first-order chi connectivity index (χ1) is 13.9. The first kappa shape index (κ1) is 19.9. The average Bonchev–Trinajstić information content (AvgIpc) is 3.17. The lowest BCUT2D eigenvalue weighted by Crippen LogP contribution is -2.27. The first-order valence-electron chi connectivity index (χ1n) is 8.54. The van der Waals surface area contributed by atoms with Crippen molar-refractivity contribution in [2.24, 2.45) is 0 Å². The Balaban J connectivity index is 1.53. The molecule has 0 atom stereocenters. The smallest absolute Gasteiger partial charge is 0.306 e. The molecule has 8 nitrogen and oxygen atoms in total. The molecule has 0 aliphatic carbocycles. The number of amides is 1. The Kier molecular flexibility index (Phi) is 6.12. The monoisotopic (exact) mass is 402 g/mol. The maximum Gasteiger partial charge on any atom is 0.306 e. The minimum Gasteiger partial charge on any atom is -0.486 e. The number of carbonyl (C=O) groups excluding carboxylic acids is 1. The molecule has 1 aromatic heterocycles. The van der Waals surface area contributed by atoms with E-state index in [0.29, 0.717) is 11.1 Å². The minimum atomic E-state index is -0.808. The van der Waals surface area contributed by atoms with Gasteiger partial charge in [-0.2, -0.15) is 5.10 Å².